The minimum Gasteiger partial charge on any atom is -0.388 e. The number of hydrogen-bond acceptors (Lipinski definition) is 4. The number of rotatable bonds is 6. The van der Waals surface area contributed by atoms with E-state index in [1.165, 1.54) is 10.7 Å². The second kappa shape index (κ2) is 5.94. The Labute approximate surface area is 128 Å². The third kappa shape index (κ3) is 3.07. The van der Waals surface area contributed by atoms with E-state index in [-0.39, 0.29) is 5.54 Å². The van der Waals surface area contributed by atoms with E-state index in [9.17, 15) is 8.42 Å². The van der Waals surface area contributed by atoms with Crippen molar-refractivity contribution >= 4 is 15.7 Å². The summed E-state index contributed by atoms with van der Waals surface area (Å²) in [6.45, 7) is 0.538. The molecule has 0 bridgehead atoms. The van der Waals surface area contributed by atoms with E-state index in [0.29, 0.717) is 11.4 Å². The molecule has 0 atom stereocenters. The maximum absolute atomic E-state index is 12.7. The van der Waals surface area contributed by atoms with Crippen LogP contribution in [0.25, 0.3) is 0 Å². The van der Waals surface area contributed by atoms with Gasteiger partial charge in [0.1, 0.15) is 0 Å². The fourth-order valence-electron chi connectivity index (χ4n) is 2.80. The van der Waals surface area contributed by atoms with Gasteiger partial charge in [-0.05, 0) is 57.6 Å². The first-order valence-corrected chi connectivity index (χ1v) is 8.67. The van der Waals surface area contributed by atoms with Crippen LogP contribution in [0, 0.1) is 0 Å². The van der Waals surface area contributed by atoms with Crippen LogP contribution in [0.3, 0.4) is 0 Å². The summed E-state index contributed by atoms with van der Waals surface area (Å²) >= 11 is 0. The molecule has 0 heterocycles. The SMILES string of the molecule is CNc1ccc(S(=O)(=O)N(C)CC2(N(C)C)CCC2)cc1. The molecule has 0 aliphatic heterocycles. The number of sulfonamides is 1. The van der Waals surface area contributed by atoms with Crippen LogP contribution in [0.2, 0.25) is 0 Å². The standard InChI is InChI=1S/C15H25N3O2S/c1-16-13-6-8-14(9-7-13)21(19,20)18(4)12-15(17(2)3)10-5-11-15/h6-9,16H,5,10-12H2,1-4H3. The first-order chi connectivity index (χ1) is 9.82. The van der Waals surface area contributed by atoms with E-state index < -0.39 is 10.0 Å². The number of nitrogens with zero attached hydrogens (tertiary/aromatic N) is 2. The van der Waals surface area contributed by atoms with Crippen molar-refractivity contribution in [3.05, 3.63) is 24.3 Å². The zero-order valence-corrected chi connectivity index (χ0v) is 14.1. The molecule has 0 unspecified atom stereocenters. The smallest absolute Gasteiger partial charge is 0.242 e. The highest BCUT2D eigenvalue weighted by atomic mass is 32.2. The third-order valence-corrected chi connectivity index (χ3v) is 6.42. The minimum atomic E-state index is -3.43. The summed E-state index contributed by atoms with van der Waals surface area (Å²) in [6, 6.07) is 6.87. The molecule has 0 aromatic heterocycles. The number of nitrogens with one attached hydrogen (secondary N) is 1. The quantitative estimate of drug-likeness (QED) is 0.871. The summed E-state index contributed by atoms with van der Waals surface area (Å²) in [5.41, 5.74) is 0.896. The van der Waals surface area contributed by atoms with E-state index in [4.69, 9.17) is 0 Å². The van der Waals surface area contributed by atoms with Crippen LogP contribution in [-0.4, -0.2) is 57.9 Å². The van der Waals surface area contributed by atoms with Crippen molar-refractivity contribution < 1.29 is 8.42 Å². The normalized spacial score (nSPS) is 17.8. The van der Waals surface area contributed by atoms with Crippen LogP contribution in [0.4, 0.5) is 5.69 Å². The molecule has 5 nitrogen and oxygen atoms in total. The van der Waals surface area contributed by atoms with Gasteiger partial charge in [-0.2, -0.15) is 4.31 Å². The molecule has 118 valence electrons. The predicted molar refractivity (Wildman–Crippen MR) is 86.1 cm³/mol. The molecule has 0 saturated heterocycles. The van der Waals surface area contributed by atoms with Gasteiger partial charge >= 0.3 is 0 Å². The van der Waals surface area contributed by atoms with Gasteiger partial charge in [0, 0.05) is 31.9 Å². The average molecular weight is 311 g/mol. The zero-order chi connectivity index (χ0) is 15.7. The Hall–Kier alpha value is -1.11. The fourth-order valence-corrected chi connectivity index (χ4v) is 4.05. The van der Waals surface area contributed by atoms with Crippen molar-refractivity contribution in [1.29, 1.82) is 0 Å². The molecule has 1 aromatic carbocycles. The third-order valence-electron chi connectivity index (χ3n) is 4.60. The Kier molecular flexibility index (Phi) is 4.60. The van der Waals surface area contributed by atoms with Crippen molar-refractivity contribution in [2.24, 2.45) is 0 Å². The largest absolute Gasteiger partial charge is 0.388 e. The van der Waals surface area contributed by atoms with Crippen LogP contribution in [0.5, 0.6) is 0 Å². The van der Waals surface area contributed by atoms with Crippen molar-refractivity contribution in [2.45, 2.75) is 29.7 Å². The Balaban J connectivity index is 2.18. The first-order valence-electron chi connectivity index (χ1n) is 7.23. The van der Waals surface area contributed by atoms with Crippen molar-refractivity contribution in [1.82, 2.24) is 9.21 Å². The van der Waals surface area contributed by atoms with Gasteiger partial charge in [0.2, 0.25) is 10.0 Å². The van der Waals surface area contributed by atoms with Gasteiger partial charge in [-0.15, -0.1) is 0 Å². The maximum Gasteiger partial charge on any atom is 0.242 e. The van der Waals surface area contributed by atoms with Gasteiger partial charge < -0.3 is 10.2 Å². The predicted octanol–water partition coefficient (Wildman–Crippen LogP) is 1.83. The van der Waals surface area contributed by atoms with E-state index in [1.54, 1.807) is 31.3 Å². The Morgan fingerprint density at radius 3 is 2.10 bits per heavy atom. The highest BCUT2D eigenvalue weighted by Gasteiger charge is 2.42. The van der Waals surface area contributed by atoms with Gasteiger partial charge in [0.05, 0.1) is 4.90 Å². The Morgan fingerprint density at radius 2 is 1.71 bits per heavy atom. The lowest BCUT2D eigenvalue weighted by Gasteiger charge is -2.48. The Bertz CT molecular complexity index is 577. The van der Waals surface area contributed by atoms with Crippen LogP contribution >= 0.6 is 0 Å². The molecule has 2 rings (SSSR count). The van der Waals surface area contributed by atoms with Crippen molar-refractivity contribution in [2.75, 3.05) is 40.1 Å². The highest BCUT2D eigenvalue weighted by Crippen LogP contribution is 2.37. The molecule has 0 amide bonds. The topological polar surface area (TPSA) is 52.7 Å². The summed E-state index contributed by atoms with van der Waals surface area (Å²) in [6.07, 6.45) is 3.28. The molecule has 0 spiro atoms. The van der Waals surface area contributed by atoms with Gasteiger partial charge in [-0.25, -0.2) is 8.42 Å². The van der Waals surface area contributed by atoms with Gasteiger partial charge in [0.25, 0.3) is 0 Å². The second-order valence-electron chi connectivity index (χ2n) is 6.01. The summed E-state index contributed by atoms with van der Waals surface area (Å²) in [5.74, 6) is 0. The maximum atomic E-state index is 12.7. The molecule has 21 heavy (non-hydrogen) atoms. The van der Waals surface area contributed by atoms with E-state index in [1.807, 2.05) is 21.1 Å². The lowest BCUT2D eigenvalue weighted by Crippen LogP contribution is -2.57. The van der Waals surface area contributed by atoms with Crippen molar-refractivity contribution in [3.8, 4) is 0 Å². The molecular formula is C15H25N3O2S. The molecule has 1 N–H and O–H groups in total. The molecule has 6 heteroatoms. The van der Waals surface area contributed by atoms with Gasteiger partial charge in [-0.1, -0.05) is 0 Å². The van der Waals surface area contributed by atoms with Crippen molar-refractivity contribution in [3.63, 3.8) is 0 Å². The fraction of sp³-hybridized carbons (Fsp3) is 0.600. The second-order valence-corrected chi connectivity index (χ2v) is 8.05. The number of benzene rings is 1. The van der Waals surface area contributed by atoms with E-state index in [0.717, 1.165) is 18.5 Å². The molecule has 0 radical (unpaired) electrons. The number of hydrogen-bond donors (Lipinski definition) is 1. The lowest BCUT2D eigenvalue weighted by molar-refractivity contribution is 0.0455. The summed E-state index contributed by atoms with van der Waals surface area (Å²) in [4.78, 5) is 2.50. The van der Waals surface area contributed by atoms with E-state index >= 15 is 0 Å². The average Bonchev–Trinajstić information content (AvgIpc) is 2.42. The van der Waals surface area contributed by atoms with Crippen LogP contribution in [0.15, 0.2) is 29.2 Å². The lowest BCUT2D eigenvalue weighted by atomic mass is 9.75. The monoisotopic (exact) mass is 311 g/mol. The van der Waals surface area contributed by atoms with Crippen LogP contribution in [-0.2, 0) is 10.0 Å². The molecule has 1 aliphatic rings. The van der Waals surface area contributed by atoms with E-state index in [2.05, 4.69) is 10.2 Å². The van der Waals surface area contributed by atoms with Gasteiger partial charge in [0.15, 0.2) is 0 Å². The van der Waals surface area contributed by atoms with Crippen LogP contribution in [0.1, 0.15) is 19.3 Å². The molecule has 1 fully saturated rings. The summed E-state index contributed by atoms with van der Waals surface area (Å²) in [7, 11) is 4.11. The minimum absolute atomic E-state index is 0.00721. The molecular weight excluding hydrogens is 286 g/mol. The number of anilines is 1. The first kappa shape index (κ1) is 16.3. The highest BCUT2D eigenvalue weighted by molar-refractivity contribution is 7.89. The molecule has 1 saturated carbocycles. The number of likely N-dealkylation sites (N-methyl/N-ethyl adjacent to an activating group) is 2. The zero-order valence-electron chi connectivity index (χ0n) is 13.3. The van der Waals surface area contributed by atoms with Gasteiger partial charge in [-0.3, -0.25) is 0 Å². The summed E-state index contributed by atoms with van der Waals surface area (Å²) < 4.78 is 26.8. The van der Waals surface area contributed by atoms with Crippen LogP contribution < -0.4 is 5.32 Å². The Morgan fingerprint density at radius 1 is 1.14 bits per heavy atom. The molecule has 1 aliphatic carbocycles. The molecule has 1 aromatic rings. The summed E-state index contributed by atoms with van der Waals surface area (Å²) in [5, 5.41) is 2.99.